The van der Waals surface area contributed by atoms with Crippen LogP contribution in [0.25, 0.3) is 0 Å². The standard InChI is InChI=1S/C10H23N3O2S/c1-4-13(8-9(3)10(11)12)6-7-16(14,15)5-2/h9H,4-8H2,1-3H3,(H3,11,12). The summed E-state index contributed by atoms with van der Waals surface area (Å²) in [5.74, 6) is 0.496. The first-order valence-electron chi connectivity index (χ1n) is 5.59. The zero-order chi connectivity index (χ0) is 12.8. The second-order valence-corrected chi connectivity index (χ2v) is 6.46. The van der Waals surface area contributed by atoms with Crippen LogP contribution < -0.4 is 5.73 Å². The lowest BCUT2D eigenvalue weighted by atomic mass is 10.1. The highest BCUT2D eigenvalue weighted by Crippen LogP contribution is 2.00. The van der Waals surface area contributed by atoms with Crippen LogP contribution >= 0.6 is 0 Å². The summed E-state index contributed by atoms with van der Waals surface area (Å²) in [5.41, 5.74) is 5.39. The van der Waals surface area contributed by atoms with Gasteiger partial charge in [0.15, 0.2) is 9.84 Å². The average Bonchev–Trinajstić information content (AvgIpc) is 2.23. The zero-order valence-electron chi connectivity index (χ0n) is 10.4. The summed E-state index contributed by atoms with van der Waals surface area (Å²) in [4.78, 5) is 2.01. The molecule has 0 spiro atoms. The van der Waals surface area contributed by atoms with Crippen molar-refractivity contribution >= 4 is 15.7 Å². The minimum Gasteiger partial charge on any atom is -0.387 e. The Bertz CT molecular complexity index is 314. The molecule has 0 radical (unpaired) electrons. The summed E-state index contributed by atoms with van der Waals surface area (Å²) in [7, 11) is -2.91. The molecule has 0 fully saturated rings. The van der Waals surface area contributed by atoms with Crippen LogP contribution in [-0.4, -0.2) is 50.3 Å². The number of sulfone groups is 1. The molecule has 0 aromatic carbocycles. The Balaban J connectivity index is 4.17. The van der Waals surface area contributed by atoms with Gasteiger partial charge in [-0.1, -0.05) is 20.8 Å². The summed E-state index contributed by atoms with van der Waals surface area (Å²) >= 11 is 0. The Morgan fingerprint density at radius 2 is 2.00 bits per heavy atom. The molecule has 5 nitrogen and oxygen atoms in total. The molecule has 0 aliphatic heterocycles. The lowest BCUT2D eigenvalue weighted by molar-refractivity contribution is 0.286. The number of nitrogens with two attached hydrogens (primary N) is 1. The van der Waals surface area contributed by atoms with E-state index in [9.17, 15) is 8.42 Å². The molecule has 16 heavy (non-hydrogen) atoms. The summed E-state index contributed by atoms with van der Waals surface area (Å²) in [5, 5.41) is 7.29. The maximum atomic E-state index is 11.3. The van der Waals surface area contributed by atoms with Gasteiger partial charge in [0.05, 0.1) is 11.6 Å². The van der Waals surface area contributed by atoms with Gasteiger partial charge in [0, 0.05) is 24.8 Å². The monoisotopic (exact) mass is 249 g/mol. The first-order chi connectivity index (χ1) is 7.32. The smallest absolute Gasteiger partial charge is 0.151 e. The van der Waals surface area contributed by atoms with Crippen molar-refractivity contribution in [2.45, 2.75) is 20.8 Å². The van der Waals surface area contributed by atoms with E-state index in [1.54, 1.807) is 6.92 Å². The van der Waals surface area contributed by atoms with Crippen LogP contribution in [0.4, 0.5) is 0 Å². The van der Waals surface area contributed by atoms with Gasteiger partial charge >= 0.3 is 0 Å². The highest BCUT2D eigenvalue weighted by Gasteiger charge is 2.14. The van der Waals surface area contributed by atoms with E-state index < -0.39 is 9.84 Å². The molecule has 0 aliphatic carbocycles. The van der Waals surface area contributed by atoms with Crippen LogP contribution in [-0.2, 0) is 9.84 Å². The average molecular weight is 249 g/mol. The normalized spacial score (nSPS) is 14.0. The minimum atomic E-state index is -2.91. The van der Waals surface area contributed by atoms with Crippen LogP contribution in [0.5, 0.6) is 0 Å². The van der Waals surface area contributed by atoms with Crippen LogP contribution in [0.15, 0.2) is 0 Å². The first-order valence-corrected chi connectivity index (χ1v) is 7.41. The SMILES string of the molecule is CCN(CCS(=O)(=O)CC)CC(C)C(=N)N. The van der Waals surface area contributed by atoms with Gasteiger partial charge in [0.1, 0.15) is 0 Å². The fourth-order valence-electron chi connectivity index (χ4n) is 1.28. The third-order valence-electron chi connectivity index (χ3n) is 2.67. The highest BCUT2D eigenvalue weighted by molar-refractivity contribution is 7.91. The quantitative estimate of drug-likeness (QED) is 0.479. The summed E-state index contributed by atoms with van der Waals surface area (Å²) < 4.78 is 22.7. The fraction of sp³-hybridized carbons (Fsp3) is 0.900. The van der Waals surface area contributed by atoms with Gasteiger partial charge in [0.2, 0.25) is 0 Å². The Labute approximate surface area is 98.4 Å². The molecule has 6 heteroatoms. The molecule has 0 bridgehead atoms. The van der Waals surface area contributed by atoms with E-state index in [-0.39, 0.29) is 23.3 Å². The highest BCUT2D eigenvalue weighted by atomic mass is 32.2. The number of amidine groups is 1. The third kappa shape index (κ3) is 6.07. The van der Waals surface area contributed by atoms with E-state index in [1.807, 2.05) is 18.7 Å². The molecular weight excluding hydrogens is 226 g/mol. The Hall–Kier alpha value is -0.620. The number of rotatable bonds is 8. The Kier molecular flexibility index (Phi) is 6.59. The van der Waals surface area contributed by atoms with E-state index >= 15 is 0 Å². The molecular formula is C10H23N3O2S. The van der Waals surface area contributed by atoms with Crippen molar-refractivity contribution in [2.75, 3.05) is 31.1 Å². The molecule has 1 unspecified atom stereocenters. The molecule has 0 aromatic heterocycles. The predicted octanol–water partition coefficient (Wildman–Crippen LogP) is 0.315. The van der Waals surface area contributed by atoms with E-state index in [4.69, 9.17) is 11.1 Å². The molecule has 0 saturated heterocycles. The van der Waals surface area contributed by atoms with Crippen molar-refractivity contribution in [1.82, 2.24) is 4.90 Å². The maximum Gasteiger partial charge on any atom is 0.151 e. The summed E-state index contributed by atoms with van der Waals surface area (Å²) in [6, 6.07) is 0. The van der Waals surface area contributed by atoms with Crippen molar-refractivity contribution in [3.63, 3.8) is 0 Å². The molecule has 96 valence electrons. The largest absolute Gasteiger partial charge is 0.387 e. The van der Waals surface area contributed by atoms with Gasteiger partial charge in [-0.2, -0.15) is 0 Å². The molecule has 0 rings (SSSR count). The maximum absolute atomic E-state index is 11.3. The van der Waals surface area contributed by atoms with Gasteiger partial charge < -0.3 is 10.6 Å². The number of hydrogen-bond donors (Lipinski definition) is 2. The van der Waals surface area contributed by atoms with E-state index in [0.29, 0.717) is 13.1 Å². The number of hydrogen-bond acceptors (Lipinski definition) is 4. The zero-order valence-corrected chi connectivity index (χ0v) is 11.2. The van der Waals surface area contributed by atoms with Crippen molar-refractivity contribution in [1.29, 1.82) is 5.41 Å². The molecule has 0 saturated carbocycles. The molecule has 0 amide bonds. The van der Waals surface area contributed by atoms with Crippen molar-refractivity contribution in [3.05, 3.63) is 0 Å². The van der Waals surface area contributed by atoms with E-state index in [1.165, 1.54) is 0 Å². The Morgan fingerprint density at radius 3 is 2.38 bits per heavy atom. The van der Waals surface area contributed by atoms with Gasteiger partial charge in [-0.25, -0.2) is 8.42 Å². The number of nitrogens with one attached hydrogen (secondary N) is 1. The lowest BCUT2D eigenvalue weighted by Crippen LogP contribution is -2.37. The lowest BCUT2D eigenvalue weighted by Gasteiger charge is -2.23. The molecule has 0 aromatic rings. The van der Waals surface area contributed by atoms with Crippen LogP contribution in [0.3, 0.4) is 0 Å². The van der Waals surface area contributed by atoms with Gasteiger partial charge in [-0.3, -0.25) is 5.41 Å². The second-order valence-electron chi connectivity index (χ2n) is 3.99. The Morgan fingerprint density at radius 1 is 1.44 bits per heavy atom. The second kappa shape index (κ2) is 6.85. The van der Waals surface area contributed by atoms with E-state index in [0.717, 1.165) is 6.54 Å². The minimum absolute atomic E-state index is 0.0238. The fourth-order valence-corrected chi connectivity index (χ4v) is 2.10. The third-order valence-corrected chi connectivity index (χ3v) is 4.35. The van der Waals surface area contributed by atoms with Crippen molar-refractivity contribution in [3.8, 4) is 0 Å². The first kappa shape index (κ1) is 15.4. The van der Waals surface area contributed by atoms with Gasteiger partial charge in [-0.15, -0.1) is 0 Å². The van der Waals surface area contributed by atoms with Crippen LogP contribution in [0.1, 0.15) is 20.8 Å². The molecule has 0 aliphatic rings. The number of nitrogens with zero attached hydrogens (tertiary/aromatic N) is 1. The van der Waals surface area contributed by atoms with Crippen molar-refractivity contribution in [2.24, 2.45) is 11.7 Å². The topological polar surface area (TPSA) is 87.2 Å². The molecule has 1 atom stereocenters. The molecule has 0 heterocycles. The van der Waals surface area contributed by atoms with Crippen molar-refractivity contribution < 1.29 is 8.42 Å². The van der Waals surface area contributed by atoms with Gasteiger partial charge in [0.25, 0.3) is 0 Å². The van der Waals surface area contributed by atoms with Crippen LogP contribution in [0.2, 0.25) is 0 Å². The summed E-state index contributed by atoms with van der Waals surface area (Å²) in [6.45, 7) is 7.45. The summed E-state index contributed by atoms with van der Waals surface area (Å²) in [6.07, 6.45) is 0. The van der Waals surface area contributed by atoms with Crippen LogP contribution in [0, 0.1) is 11.3 Å². The molecule has 3 N–H and O–H groups in total. The predicted molar refractivity (Wildman–Crippen MR) is 67.5 cm³/mol. The van der Waals surface area contributed by atoms with E-state index in [2.05, 4.69) is 0 Å². The van der Waals surface area contributed by atoms with Gasteiger partial charge in [-0.05, 0) is 6.54 Å².